The van der Waals surface area contributed by atoms with Crippen molar-refractivity contribution >= 4 is 12.2 Å². The van der Waals surface area contributed by atoms with E-state index in [0.29, 0.717) is 0 Å². The molecule has 1 aromatic carbocycles. The van der Waals surface area contributed by atoms with Gasteiger partial charge in [-0.15, -0.1) is 0 Å². The first-order chi connectivity index (χ1) is 8.77. The summed E-state index contributed by atoms with van der Waals surface area (Å²) in [5.41, 5.74) is 0.370. The quantitative estimate of drug-likeness (QED) is 0.606. The molecule has 0 N–H and O–H groups in total. The highest BCUT2D eigenvalue weighted by molar-refractivity contribution is 5.87. The molecule has 1 saturated carbocycles. The molecular formula is C15H19NO2. The Balaban J connectivity index is 2.20. The molecule has 0 radical (unpaired) electrons. The summed E-state index contributed by atoms with van der Waals surface area (Å²) < 4.78 is 4.93. The molecule has 2 rings (SSSR count). The van der Waals surface area contributed by atoms with Gasteiger partial charge < -0.3 is 4.74 Å². The zero-order valence-electron chi connectivity index (χ0n) is 10.8. The fourth-order valence-electron chi connectivity index (χ4n) is 2.45. The molecule has 0 aliphatic heterocycles. The average Bonchev–Trinajstić information content (AvgIpc) is 2.46. The topological polar surface area (TPSA) is 38.7 Å². The van der Waals surface area contributed by atoms with E-state index in [0.717, 1.165) is 31.2 Å². The maximum Gasteiger partial charge on any atom is 0.333 e. The molecule has 96 valence electrons. The van der Waals surface area contributed by atoms with Crippen LogP contribution in [0.4, 0.5) is 0 Å². The van der Waals surface area contributed by atoms with E-state index in [4.69, 9.17) is 4.74 Å². The van der Waals surface area contributed by atoms with Crippen LogP contribution in [0.25, 0.3) is 0 Å². The van der Waals surface area contributed by atoms with Crippen molar-refractivity contribution in [2.24, 2.45) is 4.99 Å². The van der Waals surface area contributed by atoms with E-state index in [1.807, 2.05) is 30.3 Å². The lowest BCUT2D eigenvalue weighted by Crippen LogP contribution is -2.39. The number of hydrogen-bond acceptors (Lipinski definition) is 3. The van der Waals surface area contributed by atoms with Gasteiger partial charge in [-0.1, -0.05) is 49.6 Å². The Kier molecular flexibility index (Phi) is 4.13. The second-order valence-electron chi connectivity index (χ2n) is 4.75. The Hall–Kier alpha value is -1.64. The molecule has 0 heterocycles. The number of aliphatic imine (C=N–C) groups is 1. The van der Waals surface area contributed by atoms with Crippen LogP contribution in [-0.4, -0.2) is 24.8 Å². The lowest BCUT2D eigenvalue weighted by molar-refractivity contribution is -0.148. The average molecular weight is 245 g/mol. The lowest BCUT2D eigenvalue weighted by Gasteiger charge is -2.30. The summed E-state index contributed by atoms with van der Waals surface area (Å²) in [5.74, 6) is -0.200. The summed E-state index contributed by atoms with van der Waals surface area (Å²) in [6.07, 6.45) is 6.65. The number of carbonyl (C=O) groups is 1. The highest BCUT2D eigenvalue weighted by Crippen LogP contribution is 2.32. The van der Waals surface area contributed by atoms with Gasteiger partial charge in [0.1, 0.15) is 0 Å². The van der Waals surface area contributed by atoms with Crippen LogP contribution in [0.2, 0.25) is 0 Å². The molecule has 0 aromatic heterocycles. The highest BCUT2D eigenvalue weighted by atomic mass is 16.5. The number of carbonyl (C=O) groups excluding carboxylic acids is 1. The first kappa shape index (κ1) is 12.8. The minimum Gasteiger partial charge on any atom is -0.467 e. The van der Waals surface area contributed by atoms with Crippen LogP contribution in [-0.2, 0) is 9.53 Å². The molecule has 1 aliphatic carbocycles. The van der Waals surface area contributed by atoms with Crippen LogP contribution in [0.3, 0.4) is 0 Å². The molecule has 1 aliphatic rings. The summed E-state index contributed by atoms with van der Waals surface area (Å²) in [6, 6.07) is 9.86. The van der Waals surface area contributed by atoms with Gasteiger partial charge in [-0.05, 0) is 18.4 Å². The molecule has 1 aromatic rings. The van der Waals surface area contributed by atoms with E-state index in [9.17, 15) is 4.79 Å². The van der Waals surface area contributed by atoms with Gasteiger partial charge in [-0.2, -0.15) is 0 Å². The Morgan fingerprint density at radius 3 is 2.50 bits per heavy atom. The van der Waals surface area contributed by atoms with Crippen LogP contribution in [0.15, 0.2) is 35.3 Å². The zero-order chi connectivity index (χ0) is 12.8. The van der Waals surface area contributed by atoms with Crippen molar-refractivity contribution in [3.8, 4) is 0 Å². The standard InChI is InChI=1S/C15H19NO2/c1-18-14(17)15(10-6-3-7-11-15)16-12-13-8-4-2-5-9-13/h2,4-5,8-9,12H,3,6-7,10-11H2,1H3. The number of esters is 1. The van der Waals surface area contributed by atoms with Gasteiger partial charge in [0.25, 0.3) is 0 Å². The first-order valence-corrected chi connectivity index (χ1v) is 6.45. The molecule has 0 amide bonds. The lowest BCUT2D eigenvalue weighted by atomic mass is 9.82. The molecule has 0 bridgehead atoms. The maximum absolute atomic E-state index is 12.0. The number of methoxy groups -OCH3 is 1. The second-order valence-corrected chi connectivity index (χ2v) is 4.75. The fourth-order valence-corrected chi connectivity index (χ4v) is 2.45. The molecule has 3 nitrogen and oxygen atoms in total. The van der Waals surface area contributed by atoms with Gasteiger partial charge in [0.2, 0.25) is 0 Å². The summed E-state index contributed by atoms with van der Waals surface area (Å²) in [5, 5.41) is 0. The third-order valence-electron chi connectivity index (χ3n) is 3.51. The molecule has 18 heavy (non-hydrogen) atoms. The Labute approximate surface area is 108 Å². The SMILES string of the molecule is COC(=O)C1(N=Cc2ccccc2)CCCCC1. The second kappa shape index (κ2) is 5.80. The Morgan fingerprint density at radius 1 is 1.22 bits per heavy atom. The van der Waals surface area contributed by atoms with E-state index < -0.39 is 5.54 Å². The highest BCUT2D eigenvalue weighted by Gasteiger charge is 2.39. The van der Waals surface area contributed by atoms with Crippen molar-refractivity contribution in [1.29, 1.82) is 0 Å². The maximum atomic E-state index is 12.0. The van der Waals surface area contributed by atoms with Crippen molar-refractivity contribution in [1.82, 2.24) is 0 Å². The third kappa shape index (κ3) is 2.78. The molecule has 3 heteroatoms. The summed E-state index contributed by atoms with van der Waals surface area (Å²) in [7, 11) is 1.44. The van der Waals surface area contributed by atoms with Crippen molar-refractivity contribution in [3.63, 3.8) is 0 Å². The number of ether oxygens (including phenoxy) is 1. The van der Waals surface area contributed by atoms with Gasteiger partial charge in [-0.25, -0.2) is 4.79 Å². The Bertz CT molecular complexity index is 419. The minimum absolute atomic E-state index is 0.200. The number of nitrogens with zero attached hydrogens (tertiary/aromatic N) is 1. The van der Waals surface area contributed by atoms with Crippen molar-refractivity contribution in [2.75, 3.05) is 7.11 Å². The van der Waals surface area contributed by atoms with Gasteiger partial charge in [0.05, 0.1) is 7.11 Å². The largest absolute Gasteiger partial charge is 0.467 e. The van der Waals surface area contributed by atoms with Crippen LogP contribution >= 0.6 is 0 Å². The summed E-state index contributed by atoms with van der Waals surface area (Å²) >= 11 is 0. The van der Waals surface area contributed by atoms with Crippen molar-refractivity contribution in [2.45, 2.75) is 37.6 Å². The number of rotatable bonds is 3. The van der Waals surface area contributed by atoms with Crippen molar-refractivity contribution < 1.29 is 9.53 Å². The molecule has 1 fully saturated rings. The van der Waals surface area contributed by atoms with E-state index >= 15 is 0 Å². The fraction of sp³-hybridized carbons (Fsp3) is 0.467. The van der Waals surface area contributed by atoms with E-state index in [-0.39, 0.29) is 5.97 Å². The monoisotopic (exact) mass is 245 g/mol. The normalized spacial score (nSPS) is 18.7. The van der Waals surface area contributed by atoms with Gasteiger partial charge >= 0.3 is 5.97 Å². The van der Waals surface area contributed by atoms with E-state index in [2.05, 4.69) is 4.99 Å². The van der Waals surface area contributed by atoms with Gasteiger partial charge in [0, 0.05) is 6.21 Å². The predicted octanol–water partition coefficient (Wildman–Crippen LogP) is 2.98. The smallest absolute Gasteiger partial charge is 0.333 e. The van der Waals surface area contributed by atoms with Crippen LogP contribution < -0.4 is 0 Å². The van der Waals surface area contributed by atoms with Crippen LogP contribution in [0.5, 0.6) is 0 Å². The number of benzene rings is 1. The summed E-state index contributed by atoms with van der Waals surface area (Å²) in [6.45, 7) is 0. The summed E-state index contributed by atoms with van der Waals surface area (Å²) in [4.78, 5) is 16.5. The first-order valence-electron chi connectivity index (χ1n) is 6.45. The number of hydrogen-bond donors (Lipinski definition) is 0. The van der Waals surface area contributed by atoms with Crippen molar-refractivity contribution in [3.05, 3.63) is 35.9 Å². The van der Waals surface area contributed by atoms with E-state index in [1.165, 1.54) is 13.5 Å². The van der Waals surface area contributed by atoms with Crippen LogP contribution in [0.1, 0.15) is 37.7 Å². The predicted molar refractivity (Wildman–Crippen MR) is 71.9 cm³/mol. The molecular weight excluding hydrogens is 226 g/mol. The molecule has 0 spiro atoms. The zero-order valence-corrected chi connectivity index (χ0v) is 10.8. The molecule has 0 saturated heterocycles. The Morgan fingerprint density at radius 2 is 1.89 bits per heavy atom. The van der Waals surface area contributed by atoms with E-state index in [1.54, 1.807) is 6.21 Å². The van der Waals surface area contributed by atoms with Gasteiger partial charge in [-0.3, -0.25) is 4.99 Å². The molecule has 0 atom stereocenters. The molecule has 0 unspecified atom stereocenters. The van der Waals surface area contributed by atoms with Gasteiger partial charge in [0.15, 0.2) is 5.54 Å². The third-order valence-corrected chi connectivity index (χ3v) is 3.51. The van der Waals surface area contributed by atoms with Crippen LogP contribution in [0, 0.1) is 0 Å². The minimum atomic E-state index is -0.650.